The lowest BCUT2D eigenvalue weighted by molar-refractivity contribution is 0.0743. The standard InChI is InChI=1S/C17H26N2O3.ClH/c1-4-5-10-22-15-7-6-13(11-16(15)21-3)17(20)19(2)14-8-9-18-12-14;/h6-7,11,14,18H,4-5,8-10,12H2,1-3H3;1H. The number of nitrogens with zero attached hydrogens (tertiary/aromatic N) is 1. The number of hydrogen-bond donors (Lipinski definition) is 1. The molecule has 2 rings (SSSR count). The Labute approximate surface area is 144 Å². The highest BCUT2D eigenvalue weighted by Gasteiger charge is 2.24. The van der Waals surface area contributed by atoms with Crippen molar-refractivity contribution in [3.63, 3.8) is 0 Å². The zero-order valence-corrected chi connectivity index (χ0v) is 14.9. The number of methoxy groups -OCH3 is 1. The monoisotopic (exact) mass is 342 g/mol. The van der Waals surface area contributed by atoms with E-state index >= 15 is 0 Å². The second-order valence-corrected chi connectivity index (χ2v) is 5.63. The van der Waals surface area contributed by atoms with Crippen molar-refractivity contribution in [1.29, 1.82) is 0 Å². The molecule has 0 aromatic heterocycles. The summed E-state index contributed by atoms with van der Waals surface area (Å²) in [6.45, 7) is 4.61. The number of amides is 1. The smallest absolute Gasteiger partial charge is 0.254 e. The molecule has 0 aliphatic carbocycles. The molecule has 1 aliphatic rings. The topological polar surface area (TPSA) is 50.8 Å². The second-order valence-electron chi connectivity index (χ2n) is 5.63. The summed E-state index contributed by atoms with van der Waals surface area (Å²) in [6.07, 6.45) is 3.08. The van der Waals surface area contributed by atoms with Crippen LogP contribution in [-0.2, 0) is 0 Å². The van der Waals surface area contributed by atoms with Gasteiger partial charge in [-0.15, -0.1) is 12.4 Å². The van der Waals surface area contributed by atoms with Crippen LogP contribution in [0.5, 0.6) is 11.5 Å². The number of nitrogens with one attached hydrogen (secondary N) is 1. The van der Waals surface area contributed by atoms with Crippen molar-refractivity contribution >= 4 is 18.3 Å². The van der Waals surface area contributed by atoms with Gasteiger partial charge in [0.15, 0.2) is 11.5 Å². The van der Waals surface area contributed by atoms with Gasteiger partial charge >= 0.3 is 0 Å². The third-order valence-electron chi connectivity index (χ3n) is 4.07. The van der Waals surface area contributed by atoms with Crippen LogP contribution in [0.4, 0.5) is 0 Å². The number of rotatable bonds is 7. The molecule has 1 heterocycles. The van der Waals surface area contributed by atoms with Crippen LogP contribution < -0.4 is 14.8 Å². The normalized spacial score (nSPS) is 16.6. The van der Waals surface area contributed by atoms with E-state index in [4.69, 9.17) is 9.47 Å². The molecule has 1 fully saturated rings. The summed E-state index contributed by atoms with van der Waals surface area (Å²) in [5.41, 5.74) is 0.633. The highest BCUT2D eigenvalue weighted by molar-refractivity contribution is 5.95. The predicted molar refractivity (Wildman–Crippen MR) is 94.0 cm³/mol. The maximum atomic E-state index is 12.6. The fourth-order valence-electron chi connectivity index (χ4n) is 2.59. The van der Waals surface area contributed by atoms with Crippen molar-refractivity contribution in [2.24, 2.45) is 0 Å². The molecule has 1 amide bonds. The lowest BCUT2D eigenvalue weighted by Gasteiger charge is -2.24. The first-order valence-corrected chi connectivity index (χ1v) is 7.96. The van der Waals surface area contributed by atoms with Crippen LogP contribution >= 0.6 is 12.4 Å². The number of carbonyl (C=O) groups is 1. The predicted octanol–water partition coefficient (Wildman–Crippen LogP) is 2.73. The maximum Gasteiger partial charge on any atom is 0.254 e. The van der Waals surface area contributed by atoms with Gasteiger partial charge in [0.25, 0.3) is 5.91 Å². The molecule has 1 saturated heterocycles. The Bertz CT molecular complexity index is 505. The van der Waals surface area contributed by atoms with Crippen LogP contribution in [-0.4, -0.2) is 50.7 Å². The largest absolute Gasteiger partial charge is 0.493 e. The number of unbranched alkanes of at least 4 members (excludes halogenated alkanes) is 1. The van der Waals surface area contributed by atoms with Crippen LogP contribution in [0.2, 0.25) is 0 Å². The van der Waals surface area contributed by atoms with Gasteiger partial charge in [-0.2, -0.15) is 0 Å². The molecule has 5 nitrogen and oxygen atoms in total. The third kappa shape index (κ3) is 5.01. The highest BCUT2D eigenvalue weighted by Crippen LogP contribution is 2.29. The first-order chi connectivity index (χ1) is 10.7. The summed E-state index contributed by atoms with van der Waals surface area (Å²) < 4.78 is 11.1. The molecule has 0 radical (unpaired) electrons. The number of ether oxygens (including phenoxy) is 2. The van der Waals surface area contributed by atoms with E-state index in [0.717, 1.165) is 32.4 Å². The summed E-state index contributed by atoms with van der Waals surface area (Å²) in [4.78, 5) is 14.4. The van der Waals surface area contributed by atoms with Gasteiger partial charge in [0, 0.05) is 25.2 Å². The van der Waals surface area contributed by atoms with E-state index in [0.29, 0.717) is 23.7 Å². The van der Waals surface area contributed by atoms with Crippen LogP contribution in [0.3, 0.4) is 0 Å². The molecule has 0 spiro atoms. The molecule has 1 aromatic carbocycles. The Hall–Kier alpha value is -1.46. The average Bonchev–Trinajstić information content (AvgIpc) is 3.08. The SMILES string of the molecule is CCCCOc1ccc(C(=O)N(C)C2CCNC2)cc1OC.Cl. The van der Waals surface area contributed by atoms with Gasteiger partial charge in [0.1, 0.15) is 0 Å². The molecule has 1 atom stereocenters. The summed E-state index contributed by atoms with van der Waals surface area (Å²) in [5, 5.41) is 3.28. The molecule has 0 bridgehead atoms. The van der Waals surface area contributed by atoms with Gasteiger partial charge in [-0.25, -0.2) is 0 Å². The van der Waals surface area contributed by atoms with Crippen LogP contribution in [0, 0.1) is 0 Å². The van der Waals surface area contributed by atoms with Gasteiger partial charge in [-0.1, -0.05) is 13.3 Å². The fourth-order valence-corrected chi connectivity index (χ4v) is 2.59. The number of likely N-dealkylation sites (N-methyl/N-ethyl adjacent to an activating group) is 1. The van der Waals surface area contributed by atoms with Crippen molar-refractivity contribution in [1.82, 2.24) is 10.2 Å². The third-order valence-corrected chi connectivity index (χ3v) is 4.07. The Morgan fingerprint density at radius 3 is 2.78 bits per heavy atom. The van der Waals surface area contributed by atoms with Gasteiger partial charge in [-0.05, 0) is 37.6 Å². The van der Waals surface area contributed by atoms with Crippen molar-refractivity contribution in [3.05, 3.63) is 23.8 Å². The van der Waals surface area contributed by atoms with E-state index in [2.05, 4.69) is 12.2 Å². The first kappa shape index (κ1) is 19.6. The molecular weight excluding hydrogens is 316 g/mol. The van der Waals surface area contributed by atoms with E-state index in [1.54, 1.807) is 13.2 Å². The van der Waals surface area contributed by atoms with E-state index < -0.39 is 0 Å². The zero-order valence-electron chi connectivity index (χ0n) is 14.1. The van der Waals surface area contributed by atoms with Crippen molar-refractivity contribution in [3.8, 4) is 11.5 Å². The molecule has 1 aromatic rings. The molecule has 1 aliphatic heterocycles. The lowest BCUT2D eigenvalue weighted by Crippen LogP contribution is -2.38. The molecule has 130 valence electrons. The molecule has 1 N–H and O–H groups in total. The van der Waals surface area contributed by atoms with Gasteiger partial charge in [-0.3, -0.25) is 4.79 Å². The Morgan fingerprint density at radius 2 is 2.17 bits per heavy atom. The Kier molecular flexibility index (Phi) is 8.20. The zero-order chi connectivity index (χ0) is 15.9. The molecular formula is C17H27ClN2O3. The van der Waals surface area contributed by atoms with E-state index in [1.165, 1.54) is 0 Å². The van der Waals surface area contributed by atoms with Crippen molar-refractivity contribution < 1.29 is 14.3 Å². The fraction of sp³-hybridized carbons (Fsp3) is 0.588. The van der Waals surface area contributed by atoms with Gasteiger partial charge < -0.3 is 19.7 Å². The number of halogens is 1. The van der Waals surface area contributed by atoms with E-state index in [-0.39, 0.29) is 24.4 Å². The number of hydrogen-bond acceptors (Lipinski definition) is 4. The highest BCUT2D eigenvalue weighted by atomic mass is 35.5. The lowest BCUT2D eigenvalue weighted by atomic mass is 10.1. The Balaban J connectivity index is 0.00000264. The Morgan fingerprint density at radius 1 is 1.39 bits per heavy atom. The maximum absolute atomic E-state index is 12.6. The molecule has 1 unspecified atom stereocenters. The number of carbonyl (C=O) groups excluding carboxylic acids is 1. The number of benzene rings is 1. The summed E-state index contributed by atoms with van der Waals surface area (Å²) in [6, 6.07) is 5.66. The second kappa shape index (κ2) is 9.63. The quantitative estimate of drug-likeness (QED) is 0.774. The van der Waals surface area contributed by atoms with E-state index in [1.807, 2.05) is 24.1 Å². The summed E-state index contributed by atoms with van der Waals surface area (Å²) >= 11 is 0. The van der Waals surface area contributed by atoms with Crippen LogP contribution in [0.15, 0.2) is 18.2 Å². The van der Waals surface area contributed by atoms with Crippen molar-refractivity contribution in [2.45, 2.75) is 32.2 Å². The summed E-state index contributed by atoms with van der Waals surface area (Å²) in [7, 11) is 3.46. The average molecular weight is 343 g/mol. The molecule has 0 saturated carbocycles. The first-order valence-electron chi connectivity index (χ1n) is 7.96. The van der Waals surface area contributed by atoms with Gasteiger partial charge in [0.05, 0.1) is 13.7 Å². The minimum absolute atomic E-state index is 0. The van der Waals surface area contributed by atoms with Gasteiger partial charge in [0.2, 0.25) is 0 Å². The minimum Gasteiger partial charge on any atom is -0.493 e. The molecule has 6 heteroatoms. The van der Waals surface area contributed by atoms with Crippen LogP contribution in [0.25, 0.3) is 0 Å². The van der Waals surface area contributed by atoms with Crippen LogP contribution in [0.1, 0.15) is 36.5 Å². The van der Waals surface area contributed by atoms with E-state index in [9.17, 15) is 4.79 Å². The van der Waals surface area contributed by atoms with Crippen molar-refractivity contribution in [2.75, 3.05) is 33.9 Å². The minimum atomic E-state index is 0. The summed E-state index contributed by atoms with van der Waals surface area (Å²) in [5.74, 6) is 1.32. The molecule has 23 heavy (non-hydrogen) atoms.